The number of allylic oxidation sites excluding steroid dienone is 1. The van der Waals surface area contributed by atoms with Crippen molar-refractivity contribution < 1.29 is 4.79 Å². The Morgan fingerprint density at radius 1 is 0.947 bits per heavy atom. The molecule has 1 rings (SSSR count). The van der Waals surface area contributed by atoms with Crippen molar-refractivity contribution in [3.63, 3.8) is 0 Å². The number of carbonyl (C=O) groups excluding carboxylic acids is 1. The summed E-state index contributed by atoms with van der Waals surface area (Å²) in [6.07, 6.45) is 9.26. The lowest BCUT2D eigenvalue weighted by Gasteiger charge is -2.06. The monoisotopic (exact) mass is 258 g/mol. The number of carbonyl (C=O) groups is 1. The standard InChI is InChI=1S/C18H26O/c1-3-5-8-14-18(19)17(13-6-4-2)15-16-11-9-7-10-12-16/h7,9-12,15H,3-6,8,13-14H2,1-2H3/b17-15-. The highest BCUT2D eigenvalue weighted by atomic mass is 16.1. The van der Waals surface area contributed by atoms with E-state index in [1.54, 1.807) is 0 Å². The number of unbranched alkanes of at least 4 members (excludes halogenated alkanes) is 3. The molecule has 0 bridgehead atoms. The van der Waals surface area contributed by atoms with Gasteiger partial charge in [-0.1, -0.05) is 63.4 Å². The van der Waals surface area contributed by atoms with Gasteiger partial charge in [-0.2, -0.15) is 0 Å². The Balaban J connectivity index is 2.70. The SMILES string of the molecule is CCCCCC(=O)/C(=C\c1ccccc1)CCCC. The summed E-state index contributed by atoms with van der Waals surface area (Å²) < 4.78 is 0. The topological polar surface area (TPSA) is 17.1 Å². The fraction of sp³-hybridized carbons (Fsp3) is 0.500. The van der Waals surface area contributed by atoms with Gasteiger partial charge in [-0.3, -0.25) is 4.79 Å². The minimum absolute atomic E-state index is 0.339. The molecule has 1 nitrogen and oxygen atoms in total. The molecule has 0 saturated heterocycles. The largest absolute Gasteiger partial charge is 0.295 e. The lowest BCUT2D eigenvalue weighted by atomic mass is 9.98. The van der Waals surface area contributed by atoms with E-state index in [0.29, 0.717) is 12.2 Å². The van der Waals surface area contributed by atoms with Gasteiger partial charge >= 0.3 is 0 Å². The van der Waals surface area contributed by atoms with E-state index in [1.807, 2.05) is 18.2 Å². The fourth-order valence-electron chi connectivity index (χ4n) is 2.11. The van der Waals surface area contributed by atoms with Gasteiger partial charge in [-0.15, -0.1) is 0 Å². The molecule has 0 aliphatic carbocycles. The maximum Gasteiger partial charge on any atom is 0.158 e. The Morgan fingerprint density at radius 2 is 1.63 bits per heavy atom. The van der Waals surface area contributed by atoms with E-state index in [0.717, 1.165) is 43.2 Å². The molecular weight excluding hydrogens is 232 g/mol. The molecule has 1 heteroatoms. The molecule has 19 heavy (non-hydrogen) atoms. The molecule has 0 aliphatic heterocycles. The molecule has 0 N–H and O–H groups in total. The molecular formula is C18H26O. The molecule has 0 heterocycles. The highest BCUT2D eigenvalue weighted by Crippen LogP contribution is 2.17. The third-order valence-corrected chi connectivity index (χ3v) is 3.31. The van der Waals surface area contributed by atoms with Crippen molar-refractivity contribution in [2.45, 2.75) is 58.8 Å². The second-order valence-corrected chi connectivity index (χ2v) is 5.06. The zero-order valence-electron chi connectivity index (χ0n) is 12.3. The van der Waals surface area contributed by atoms with Crippen LogP contribution in [0.3, 0.4) is 0 Å². The van der Waals surface area contributed by atoms with Crippen LogP contribution in [0, 0.1) is 0 Å². The van der Waals surface area contributed by atoms with Crippen molar-refractivity contribution in [1.82, 2.24) is 0 Å². The maximum absolute atomic E-state index is 12.3. The molecule has 0 aliphatic rings. The number of hydrogen-bond donors (Lipinski definition) is 0. The number of rotatable bonds is 9. The van der Waals surface area contributed by atoms with Crippen LogP contribution in [0.4, 0.5) is 0 Å². The summed E-state index contributed by atoms with van der Waals surface area (Å²) in [5, 5.41) is 0. The minimum atomic E-state index is 0.339. The first-order valence-electron chi connectivity index (χ1n) is 7.56. The summed E-state index contributed by atoms with van der Waals surface area (Å²) >= 11 is 0. The number of hydrogen-bond acceptors (Lipinski definition) is 1. The van der Waals surface area contributed by atoms with Crippen LogP contribution in [-0.2, 0) is 4.79 Å². The Labute approximate surface area is 117 Å². The Kier molecular flexibility index (Phi) is 7.88. The Morgan fingerprint density at radius 3 is 2.26 bits per heavy atom. The molecule has 0 radical (unpaired) electrons. The van der Waals surface area contributed by atoms with E-state index in [-0.39, 0.29) is 0 Å². The van der Waals surface area contributed by atoms with Crippen LogP contribution in [0.2, 0.25) is 0 Å². The highest BCUT2D eigenvalue weighted by molar-refractivity contribution is 5.99. The van der Waals surface area contributed by atoms with Crippen molar-refractivity contribution in [1.29, 1.82) is 0 Å². The van der Waals surface area contributed by atoms with Crippen molar-refractivity contribution in [2.75, 3.05) is 0 Å². The van der Waals surface area contributed by atoms with Crippen LogP contribution in [0.5, 0.6) is 0 Å². The first kappa shape index (κ1) is 15.7. The van der Waals surface area contributed by atoms with Crippen LogP contribution >= 0.6 is 0 Å². The average molecular weight is 258 g/mol. The van der Waals surface area contributed by atoms with Crippen LogP contribution in [0.15, 0.2) is 35.9 Å². The lowest BCUT2D eigenvalue weighted by Crippen LogP contribution is -2.02. The van der Waals surface area contributed by atoms with Gasteiger partial charge < -0.3 is 0 Å². The van der Waals surface area contributed by atoms with Crippen LogP contribution < -0.4 is 0 Å². The maximum atomic E-state index is 12.3. The van der Waals surface area contributed by atoms with Gasteiger partial charge in [0.1, 0.15) is 0 Å². The minimum Gasteiger partial charge on any atom is -0.295 e. The fourth-order valence-corrected chi connectivity index (χ4v) is 2.11. The predicted octanol–water partition coefficient (Wildman–Crippen LogP) is 5.41. The number of benzene rings is 1. The molecule has 0 aromatic heterocycles. The van der Waals surface area contributed by atoms with Gasteiger partial charge in [0.05, 0.1) is 0 Å². The Bertz CT molecular complexity index is 389. The van der Waals surface area contributed by atoms with E-state index >= 15 is 0 Å². The summed E-state index contributed by atoms with van der Waals surface area (Å²) in [4.78, 5) is 12.3. The van der Waals surface area contributed by atoms with Gasteiger partial charge in [0.25, 0.3) is 0 Å². The molecule has 1 aromatic carbocycles. The zero-order chi connectivity index (χ0) is 13.9. The second-order valence-electron chi connectivity index (χ2n) is 5.06. The van der Waals surface area contributed by atoms with Crippen LogP contribution in [0.25, 0.3) is 6.08 Å². The lowest BCUT2D eigenvalue weighted by molar-refractivity contribution is -0.115. The summed E-state index contributed by atoms with van der Waals surface area (Å²) in [6, 6.07) is 10.2. The van der Waals surface area contributed by atoms with Gasteiger partial charge in [0.15, 0.2) is 5.78 Å². The smallest absolute Gasteiger partial charge is 0.158 e. The second kappa shape index (κ2) is 9.55. The molecule has 0 atom stereocenters. The predicted molar refractivity (Wildman–Crippen MR) is 83.1 cm³/mol. The molecule has 0 unspecified atom stereocenters. The van der Waals surface area contributed by atoms with Gasteiger partial charge in [-0.05, 0) is 36.5 Å². The van der Waals surface area contributed by atoms with Crippen molar-refractivity contribution in [2.24, 2.45) is 0 Å². The zero-order valence-corrected chi connectivity index (χ0v) is 12.3. The highest BCUT2D eigenvalue weighted by Gasteiger charge is 2.08. The van der Waals surface area contributed by atoms with Gasteiger partial charge in [0, 0.05) is 6.42 Å². The van der Waals surface area contributed by atoms with Crippen molar-refractivity contribution >= 4 is 11.9 Å². The molecule has 0 fully saturated rings. The molecule has 104 valence electrons. The van der Waals surface area contributed by atoms with Crippen molar-refractivity contribution in [3.05, 3.63) is 41.5 Å². The summed E-state index contributed by atoms with van der Waals surface area (Å²) in [5.41, 5.74) is 2.14. The van der Waals surface area contributed by atoms with Crippen LogP contribution in [0.1, 0.15) is 64.4 Å². The molecule has 0 amide bonds. The molecule has 0 saturated carbocycles. The van der Waals surface area contributed by atoms with Gasteiger partial charge in [-0.25, -0.2) is 0 Å². The van der Waals surface area contributed by atoms with E-state index in [4.69, 9.17) is 0 Å². The first-order valence-corrected chi connectivity index (χ1v) is 7.56. The molecule has 1 aromatic rings. The summed E-state index contributed by atoms with van der Waals surface area (Å²) in [6.45, 7) is 4.34. The first-order chi connectivity index (χ1) is 9.27. The van der Waals surface area contributed by atoms with E-state index in [1.165, 1.54) is 6.42 Å². The normalized spacial score (nSPS) is 11.6. The van der Waals surface area contributed by atoms with Gasteiger partial charge in [0.2, 0.25) is 0 Å². The quantitative estimate of drug-likeness (QED) is 0.427. The number of ketones is 1. The van der Waals surface area contributed by atoms with E-state index in [2.05, 4.69) is 32.1 Å². The average Bonchev–Trinajstić information content (AvgIpc) is 2.44. The third-order valence-electron chi connectivity index (χ3n) is 3.31. The van der Waals surface area contributed by atoms with E-state index < -0.39 is 0 Å². The third kappa shape index (κ3) is 6.37. The summed E-state index contributed by atoms with van der Waals surface area (Å²) in [5.74, 6) is 0.339. The van der Waals surface area contributed by atoms with Crippen molar-refractivity contribution in [3.8, 4) is 0 Å². The van der Waals surface area contributed by atoms with E-state index in [9.17, 15) is 4.79 Å². The number of Topliss-reactive ketones (excluding diaryl/α,β-unsaturated/α-hetero) is 1. The molecule has 0 spiro atoms. The van der Waals surface area contributed by atoms with Crippen LogP contribution in [-0.4, -0.2) is 5.78 Å². The summed E-state index contributed by atoms with van der Waals surface area (Å²) in [7, 11) is 0. The Hall–Kier alpha value is -1.37.